The van der Waals surface area contributed by atoms with Gasteiger partial charge in [-0.1, -0.05) is 6.92 Å². The van der Waals surface area contributed by atoms with Crippen LogP contribution in [0.2, 0.25) is 5.82 Å². The molecule has 1 fully saturated rings. The molecule has 1 aliphatic heterocycles. The van der Waals surface area contributed by atoms with E-state index in [1.54, 1.807) is 6.92 Å². The summed E-state index contributed by atoms with van der Waals surface area (Å²) in [5.74, 6) is -0.299. The summed E-state index contributed by atoms with van der Waals surface area (Å²) in [6.07, 6.45) is 1.42. The third kappa shape index (κ3) is 3.97. The van der Waals surface area contributed by atoms with Gasteiger partial charge < -0.3 is 5.32 Å². The molecule has 1 saturated heterocycles. The van der Waals surface area contributed by atoms with Gasteiger partial charge in [0.1, 0.15) is 0 Å². The van der Waals surface area contributed by atoms with E-state index in [0.29, 0.717) is 37.5 Å². The standard InChI is InChI=1S/C10H16BIN2O3/c1-2-8(15)13-4-3-5-14-9(16)6-7(11-12)10(14)17/h7,11H,2-6H2,1H3,(H,13,15). The molecule has 1 rings (SSSR count). The molecule has 0 aromatic carbocycles. The average molecular weight is 350 g/mol. The van der Waals surface area contributed by atoms with Crippen LogP contribution in [0.5, 0.6) is 0 Å². The largest absolute Gasteiger partial charge is 0.356 e. The van der Waals surface area contributed by atoms with Gasteiger partial charge in [-0.25, -0.2) is 0 Å². The summed E-state index contributed by atoms with van der Waals surface area (Å²) in [6.45, 7) is 2.71. The molecule has 5 nitrogen and oxygen atoms in total. The predicted molar refractivity (Wildman–Crippen MR) is 74.2 cm³/mol. The van der Waals surface area contributed by atoms with Crippen molar-refractivity contribution in [1.29, 1.82) is 0 Å². The number of imide groups is 1. The van der Waals surface area contributed by atoms with Gasteiger partial charge in [0.15, 0.2) is 0 Å². The molecule has 0 aliphatic carbocycles. The van der Waals surface area contributed by atoms with E-state index in [2.05, 4.69) is 27.7 Å². The molecule has 1 aliphatic rings. The smallest absolute Gasteiger partial charge is 0.229 e. The fraction of sp³-hybridized carbons (Fsp3) is 0.700. The van der Waals surface area contributed by atoms with Crippen LogP contribution in [0.3, 0.4) is 0 Å². The third-order valence-corrected chi connectivity index (χ3v) is 3.79. The number of nitrogens with one attached hydrogen (secondary N) is 1. The molecule has 1 N–H and O–H groups in total. The van der Waals surface area contributed by atoms with E-state index in [1.807, 2.05) is 0 Å². The highest BCUT2D eigenvalue weighted by atomic mass is 127. The first kappa shape index (κ1) is 14.5. The highest BCUT2D eigenvalue weighted by Gasteiger charge is 2.37. The Kier molecular flexibility index (Phi) is 5.94. The normalized spacial score (nSPS) is 19.6. The molecule has 1 unspecified atom stereocenters. The highest BCUT2D eigenvalue weighted by molar-refractivity contribution is 14.1. The third-order valence-electron chi connectivity index (χ3n) is 2.73. The Balaban J connectivity index is 2.30. The fourth-order valence-electron chi connectivity index (χ4n) is 1.70. The van der Waals surface area contributed by atoms with E-state index in [-0.39, 0.29) is 23.5 Å². The maximum Gasteiger partial charge on any atom is 0.229 e. The summed E-state index contributed by atoms with van der Waals surface area (Å²) in [6, 6.07) is 0. The van der Waals surface area contributed by atoms with Crippen LogP contribution >= 0.6 is 22.4 Å². The lowest BCUT2D eigenvalue weighted by Crippen LogP contribution is -2.33. The Labute approximate surface area is 115 Å². The summed E-state index contributed by atoms with van der Waals surface area (Å²) in [4.78, 5) is 35.6. The Hall–Kier alpha value is -0.595. The van der Waals surface area contributed by atoms with Crippen molar-refractivity contribution in [3.8, 4) is 0 Å². The number of nitrogens with zero attached hydrogens (tertiary/aromatic N) is 1. The van der Waals surface area contributed by atoms with Crippen LogP contribution in [-0.2, 0) is 14.4 Å². The molecule has 0 spiro atoms. The summed E-state index contributed by atoms with van der Waals surface area (Å²) < 4.78 is 0. The number of hydrogen-bond acceptors (Lipinski definition) is 3. The first-order valence-corrected chi connectivity index (χ1v) is 7.29. The van der Waals surface area contributed by atoms with Crippen molar-refractivity contribution in [1.82, 2.24) is 10.2 Å². The van der Waals surface area contributed by atoms with Crippen LogP contribution in [0.25, 0.3) is 0 Å². The second-order valence-corrected chi connectivity index (χ2v) is 4.88. The minimum absolute atomic E-state index is 0.00536. The Bertz CT molecular complexity index is 325. The van der Waals surface area contributed by atoms with Gasteiger partial charge in [-0.3, -0.25) is 19.3 Å². The van der Waals surface area contributed by atoms with Gasteiger partial charge >= 0.3 is 0 Å². The van der Waals surface area contributed by atoms with Crippen molar-refractivity contribution in [2.24, 2.45) is 0 Å². The molecule has 3 amide bonds. The lowest BCUT2D eigenvalue weighted by Gasteiger charge is -2.14. The Morgan fingerprint density at radius 1 is 1.59 bits per heavy atom. The molecule has 0 radical (unpaired) electrons. The lowest BCUT2D eigenvalue weighted by atomic mass is 9.86. The molecule has 1 atom stereocenters. The van der Waals surface area contributed by atoms with Gasteiger partial charge in [-0.2, -0.15) is 22.4 Å². The second kappa shape index (κ2) is 6.98. The summed E-state index contributed by atoms with van der Waals surface area (Å²) >= 11 is 2.13. The van der Waals surface area contributed by atoms with Crippen molar-refractivity contribution in [2.45, 2.75) is 32.0 Å². The Morgan fingerprint density at radius 2 is 2.29 bits per heavy atom. The quantitative estimate of drug-likeness (QED) is 0.323. The first-order chi connectivity index (χ1) is 8.10. The minimum atomic E-state index is -0.145. The molecule has 1 heterocycles. The van der Waals surface area contributed by atoms with E-state index in [9.17, 15) is 14.4 Å². The second-order valence-electron chi connectivity index (χ2n) is 4.00. The molecule has 17 heavy (non-hydrogen) atoms. The van der Waals surface area contributed by atoms with Crippen LogP contribution in [0.4, 0.5) is 0 Å². The van der Waals surface area contributed by atoms with E-state index < -0.39 is 0 Å². The minimum Gasteiger partial charge on any atom is -0.356 e. The fourth-order valence-corrected chi connectivity index (χ4v) is 2.39. The average Bonchev–Trinajstić information content (AvgIpc) is 2.60. The molecule has 7 heteroatoms. The van der Waals surface area contributed by atoms with Gasteiger partial charge in [0.2, 0.25) is 22.9 Å². The summed E-state index contributed by atoms with van der Waals surface area (Å²) in [7, 11) is 0. The number of carbonyl (C=O) groups is 3. The topological polar surface area (TPSA) is 66.5 Å². The number of carbonyl (C=O) groups excluding carboxylic acids is 3. The van der Waals surface area contributed by atoms with Gasteiger partial charge in [0.05, 0.1) is 0 Å². The maximum absolute atomic E-state index is 11.7. The number of halogens is 1. The van der Waals surface area contributed by atoms with Crippen LogP contribution in [0.15, 0.2) is 0 Å². The van der Waals surface area contributed by atoms with E-state index in [0.717, 1.165) is 0 Å². The number of hydrogen-bond donors (Lipinski definition) is 1. The highest BCUT2D eigenvalue weighted by Crippen LogP contribution is 2.25. The van der Waals surface area contributed by atoms with Gasteiger partial charge in [-0.15, -0.1) is 0 Å². The predicted octanol–water partition coefficient (Wildman–Crippen LogP) is 0.237. The van der Waals surface area contributed by atoms with Crippen molar-refractivity contribution < 1.29 is 14.4 Å². The molecule has 0 aromatic rings. The summed E-state index contributed by atoms with van der Waals surface area (Å²) in [5.41, 5.74) is 0. The molecular formula is C10H16BIN2O3. The van der Waals surface area contributed by atoms with Crippen molar-refractivity contribution >= 4 is 45.2 Å². The van der Waals surface area contributed by atoms with Crippen LogP contribution in [0.1, 0.15) is 26.2 Å². The van der Waals surface area contributed by atoms with Crippen LogP contribution in [-0.4, -0.2) is 40.8 Å². The van der Waals surface area contributed by atoms with Gasteiger partial charge in [0.25, 0.3) is 0 Å². The van der Waals surface area contributed by atoms with Gasteiger partial charge in [-0.05, 0) is 6.42 Å². The molecular weight excluding hydrogens is 334 g/mol. The number of amides is 3. The van der Waals surface area contributed by atoms with E-state index in [1.165, 1.54) is 4.90 Å². The zero-order valence-corrected chi connectivity index (χ0v) is 12.0. The van der Waals surface area contributed by atoms with Crippen molar-refractivity contribution in [2.75, 3.05) is 13.1 Å². The monoisotopic (exact) mass is 350 g/mol. The van der Waals surface area contributed by atoms with Crippen molar-refractivity contribution in [3.05, 3.63) is 0 Å². The SMILES string of the molecule is CCC(=O)NCCCN1C(=O)CC(BI)C1=O. The zero-order chi connectivity index (χ0) is 12.8. The maximum atomic E-state index is 11.7. The molecule has 0 saturated carbocycles. The Morgan fingerprint density at radius 3 is 2.82 bits per heavy atom. The first-order valence-electron chi connectivity index (χ1n) is 5.77. The number of rotatable bonds is 6. The summed E-state index contributed by atoms with van der Waals surface area (Å²) in [5, 5.41) is 3.41. The lowest BCUT2D eigenvalue weighted by molar-refractivity contribution is -0.138. The molecule has 0 aromatic heterocycles. The van der Waals surface area contributed by atoms with Crippen LogP contribution in [0, 0.1) is 0 Å². The zero-order valence-electron chi connectivity index (χ0n) is 9.87. The molecule has 94 valence electrons. The van der Waals surface area contributed by atoms with Crippen molar-refractivity contribution in [3.63, 3.8) is 0 Å². The van der Waals surface area contributed by atoms with E-state index in [4.69, 9.17) is 0 Å². The molecule has 0 bridgehead atoms. The van der Waals surface area contributed by atoms with Gasteiger partial charge in [0, 0.05) is 31.7 Å². The number of likely N-dealkylation sites (tertiary alicyclic amines) is 1. The van der Waals surface area contributed by atoms with Crippen LogP contribution < -0.4 is 5.32 Å². The van der Waals surface area contributed by atoms with E-state index >= 15 is 0 Å².